The summed E-state index contributed by atoms with van der Waals surface area (Å²) in [6.45, 7) is 2.11. The van der Waals surface area contributed by atoms with E-state index < -0.39 is 5.97 Å². The van der Waals surface area contributed by atoms with E-state index in [1.807, 2.05) is 43.3 Å². The summed E-state index contributed by atoms with van der Waals surface area (Å²) in [6.07, 6.45) is 0.906. The highest BCUT2D eigenvalue weighted by Crippen LogP contribution is 2.11. The highest BCUT2D eigenvalue weighted by molar-refractivity contribution is 5.91. The van der Waals surface area contributed by atoms with E-state index in [9.17, 15) is 9.59 Å². The standard InChI is InChI=1S/C19H21NO4/c1-3-14-4-8-16(9-5-14)19(22)24-13-18(21)20-12-15-6-10-17(23-2)11-7-15/h4-11H,3,12-13H2,1-2H3,(H,20,21). The number of hydrogen-bond acceptors (Lipinski definition) is 4. The van der Waals surface area contributed by atoms with E-state index in [-0.39, 0.29) is 12.5 Å². The number of carbonyl (C=O) groups excluding carboxylic acids is 2. The first-order valence-corrected chi connectivity index (χ1v) is 7.78. The van der Waals surface area contributed by atoms with Gasteiger partial charge in [-0.15, -0.1) is 0 Å². The molecule has 0 aliphatic rings. The topological polar surface area (TPSA) is 64.6 Å². The molecule has 0 unspecified atom stereocenters. The quantitative estimate of drug-likeness (QED) is 0.794. The predicted molar refractivity (Wildman–Crippen MR) is 90.9 cm³/mol. The van der Waals surface area contributed by atoms with Crippen LogP contribution in [0.15, 0.2) is 48.5 Å². The van der Waals surface area contributed by atoms with Crippen LogP contribution in [0.25, 0.3) is 0 Å². The maximum atomic E-state index is 11.9. The molecular weight excluding hydrogens is 306 g/mol. The Hall–Kier alpha value is -2.82. The SMILES string of the molecule is CCc1ccc(C(=O)OCC(=O)NCc2ccc(OC)cc2)cc1. The maximum Gasteiger partial charge on any atom is 0.338 e. The third-order valence-electron chi connectivity index (χ3n) is 3.58. The van der Waals surface area contributed by atoms with Crippen LogP contribution in [-0.4, -0.2) is 25.6 Å². The molecule has 0 bridgehead atoms. The minimum atomic E-state index is -0.503. The monoisotopic (exact) mass is 327 g/mol. The first-order valence-electron chi connectivity index (χ1n) is 7.78. The van der Waals surface area contributed by atoms with Crippen molar-refractivity contribution in [3.63, 3.8) is 0 Å². The molecule has 0 aliphatic heterocycles. The molecule has 0 aromatic heterocycles. The zero-order valence-corrected chi connectivity index (χ0v) is 13.9. The lowest BCUT2D eigenvalue weighted by Crippen LogP contribution is -2.28. The van der Waals surface area contributed by atoms with E-state index in [1.165, 1.54) is 0 Å². The van der Waals surface area contributed by atoms with E-state index in [0.717, 1.165) is 23.3 Å². The van der Waals surface area contributed by atoms with Crippen molar-refractivity contribution in [2.45, 2.75) is 19.9 Å². The van der Waals surface area contributed by atoms with Crippen LogP contribution in [0.3, 0.4) is 0 Å². The molecule has 5 nitrogen and oxygen atoms in total. The molecule has 2 aromatic rings. The molecular formula is C19H21NO4. The van der Waals surface area contributed by atoms with E-state index in [1.54, 1.807) is 19.2 Å². The molecule has 126 valence electrons. The van der Waals surface area contributed by atoms with Gasteiger partial charge in [-0.05, 0) is 41.8 Å². The van der Waals surface area contributed by atoms with Crippen molar-refractivity contribution in [2.75, 3.05) is 13.7 Å². The first kappa shape index (κ1) is 17.5. The normalized spacial score (nSPS) is 10.1. The average molecular weight is 327 g/mol. The van der Waals surface area contributed by atoms with E-state index >= 15 is 0 Å². The van der Waals surface area contributed by atoms with Gasteiger partial charge in [0.25, 0.3) is 5.91 Å². The summed E-state index contributed by atoms with van der Waals surface area (Å²) in [5.41, 5.74) is 2.52. The van der Waals surface area contributed by atoms with Crippen LogP contribution in [0.2, 0.25) is 0 Å². The van der Waals surface area contributed by atoms with Gasteiger partial charge in [-0.2, -0.15) is 0 Å². The predicted octanol–water partition coefficient (Wildman–Crippen LogP) is 2.73. The highest BCUT2D eigenvalue weighted by Gasteiger charge is 2.10. The Balaban J connectivity index is 1.76. The number of amides is 1. The van der Waals surface area contributed by atoms with Crippen molar-refractivity contribution >= 4 is 11.9 Å². The summed E-state index contributed by atoms with van der Waals surface area (Å²) in [5.74, 6) is -0.0882. The van der Waals surface area contributed by atoms with Crippen molar-refractivity contribution in [2.24, 2.45) is 0 Å². The Kier molecular flexibility index (Phi) is 6.37. The molecule has 0 saturated heterocycles. The Labute approximate surface area is 141 Å². The van der Waals surface area contributed by atoms with Crippen molar-refractivity contribution in [3.8, 4) is 5.75 Å². The number of benzene rings is 2. The Morgan fingerprint density at radius 2 is 1.58 bits per heavy atom. The number of ether oxygens (including phenoxy) is 2. The largest absolute Gasteiger partial charge is 0.497 e. The van der Waals surface area contributed by atoms with Gasteiger partial charge in [-0.25, -0.2) is 4.79 Å². The minimum Gasteiger partial charge on any atom is -0.497 e. The molecule has 2 rings (SSSR count). The summed E-state index contributed by atoms with van der Waals surface area (Å²) in [4.78, 5) is 23.6. The fourth-order valence-corrected chi connectivity index (χ4v) is 2.09. The van der Waals surface area contributed by atoms with E-state index in [4.69, 9.17) is 9.47 Å². The summed E-state index contributed by atoms with van der Waals surface area (Å²) >= 11 is 0. The van der Waals surface area contributed by atoms with Crippen molar-refractivity contribution in [1.82, 2.24) is 5.32 Å². The highest BCUT2D eigenvalue weighted by atomic mass is 16.5. The summed E-state index contributed by atoms with van der Waals surface area (Å²) in [7, 11) is 1.60. The van der Waals surface area contributed by atoms with Crippen LogP contribution in [0.4, 0.5) is 0 Å². The number of hydrogen-bond donors (Lipinski definition) is 1. The third-order valence-corrected chi connectivity index (χ3v) is 3.58. The lowest BCUT2D eigenvalue weighted by atomic mass is 10.1. The molecule has 24 heavy (non-hydrogen) atoms. The van der Waals surface area contributed by atoms with Gasteiger partial charge in [0.05, 0.1) is 12.7 Å². The van der Waals surface area contributed by atoms with E-state index in [2.05, 4.69) is 5.32 Å². The van der Waals surface area contributed by atoms with Crippen LogP contribution in [-0.2, 0) is 22.5 Å². The molecule has 0 spiro atoms. The van der Waals surface area contributed by atoms with Gasteiger partial charge in [0.2, 0.25) is 0 Å². The molecule has 0 radical (unpaired) electrons. The molecule has 0 aliphatic carbocycles. The molecule has 0 fully saturated rings. The molecule has 1 amide bonds. The lowest BCUT2D eigenvalue weighted by molar-refractivity contribution is -0.124. The smallest absolute Gasteiger partial charge is 0.338 e. The van der Waals surface area contributed by atoms with Crippen LogP contribution in [0.5, 0.6) is 5.75 Å². The lowest BCUT2D eigenvalue weighted by Gasteiger charge is -2.08. The van der Waals surface area contributed by atoms with Gasteiger partial charge in [0.15, 0.2) is 6.61 Å². The Bertz CT molecular complexity index is 678. The van der Waals surface area contributed by atoms with Gasteiger partial charge >= 0.3 is 5.97 Å². The average Bonchev–Trinajstić information content (AvgIpc) is 2.64. The summed E-state index contributed by atoms with van der Waals surface area (Å²) < 4.78 is 10.1. The summed E-state index contributed by atoms with van der Waals surface area (Å²) in [6, 6.07) is 14.5. The third kappa shape index (κ3) is 5.12. The van der Waals surface area contributed by atoms with Gasteiger partial charge in [0.1, 0.15) is 5.75 Å². The van der Waals surface area contributed by atoms with Crippen molar-refractivity contribution in [3.05, 3.63) is 65.2 Å². The molecule has 2 aromatic carbocycles. The van der Waals surface area contributed by atoms with Crippen molar-refractivity contribution < 1.29 is 19.1 Å². The van der Waals surface area contributed by atoms with Gasteiger partial charge in [-0.1, -0.05) is 31.2 Å². The number of carbonyl (C=O) groups is 2. The van der Waals surface area contributed by atoms with Gasteiger partial charge in [-0.3, -0.25) is 4.79 Å². The number of esters is 1. The van der Waals surface area contributed by atoms with Crippen LogP contribution < -0.4 is 10.1 Å². The minimum absolute atomic E-state index is 0.301. The second kappa shape index (κ2) is 8.72. The fraction of sp³-hybridized carbons (Fsp3) is 0.263. The number of rotatable bonds is 7. The number of nitrogens with one attached hydrogen (secondary N) is 1. The first-order chi connectivity index (χ1) is 11.6. The Morgan fingerprint density at radius 3 is 2.17 bits per heavy atom. The van der Waals surface area contributed by atoms with Crippen LogP contribution in [0, 0.1) is 0 Å². The molecule has 0 saturated carbocycles. The second-order valence-corrected chi connectivity index (χ2v) is 5.25. The van der Waals surface area contributed by atoms with Crippen molar-refractivity contribution in [1.29, 1.82) is 0 Å². The fourth-order valence-electron chi connectivity index (χ4n) is 2.09. The molecule has 5 heteroatoms. The molecule has 0 heterocycles. The van der Waals surface area contributed by atoms with Crippen LogP contribution >= 0.6 is 0 Å². The van der Waals surface area contributed by atoms with E-state index in [0.29, 0.717) is 12.1 Å². The Morgan fingerprint density at radius 1 is 0.958 bits per heavy atom. The number of methoxy groups -OCH3 is 1. The van der Waals surface area contributed by atoms with Gasteiger partial charge < -0.3 is 14.8 Å². The number of aryl methyl sites for hydroxylation is 1. The maximum absolute atomic E-state index is 11.9. The second-order valence-electron chi connectivity index (χ2n) is 5.25. The summed E-state index contributed by atoms with van der Waals surface area (Å²) in [5, 5.41) is 2.70. The molecule has 1 N–H and O–H groups in total. The van der Waals surface area contributed by atoms with Crippen LogP contribution in [0.1, 0.15) is 28.4 Å². The molecule has 0 atom stereocenters. The zero-order valence-electron chi connectivity index (χ0n) is 13.9. The van der Waals surface area contributed by atoms with Gasteiger partial charge in [0, 0.05) is 6.54 Å². The zero-order chi connectivity index (χ0) is 17.4.